The van der Waals surface area contributed by atoms with Gasteiger partial charge in [-0.15, -0.1) is 5.10 Å². The summed E-state index contributed by atoms with van der Waals surface area (Å²) >= 11 is 0. The molecule has 0 saturated carbocycles. The van der Waals surface area contributed by atoms with Gasteiger partial charge in [-0.05, 0) is 12.1 Å². The average molecular weight is 291 g/mol. The summed E-state index contributed by atoms with van der Waals surface area (Å²) < 4.78 is 29.1. The maximum absolute atomic E-state index is 11.7. The van der Waals surface area contributed by atoms with Crippen molar-refractivity contribution in [2.24, 2.45) is 12.2 Å². The van der Waals surface area contributed by atoms with E-state index in [4.69, 9.17) is 5.26 Å². The van der Waals surface area contributed by atoms with Crippen LogP contribution in [0.1, 0.15) is 11.6 Å². The Labute approximate surface area is 115 Å². The number of hydrogen-bond acceptors (Lipinski definition) is 7. The van der Waals surface area contributed by atoms with Gasteiger partial charge in [-0.2, -0.15) is 18.7 Å². The van der Waals surface area contributed by atoms with Crippen LogP contribution in [0.25, 0.3) is 0 Å². The number of hydrogen-bond donors (Lipinski definition) is 0. The Morgan fingerprint density at radius 3 is 2.70 bits per heavy atom. The van der Waals surface area contributed by atoms with Gasteiger partial charge in [0.2, 0.25) is 5.82 Å². The van der Waals surface area contributed by atoms with Crippen molar-refractivity contribution in [3.8, 4) is 6.07 Å². The minimum absolute atomic E-state index is 0.0103. The van der Waals surface area contributed by atoms with Crippen LogP contribution in [0.5, 0.6) is 0 Å². The van der Waals surface area contributed by atoms with Gasteiger partial charge >= 0.3 is 10.1 Å². The lowest BCUT2D eigenvalue weighted by Gasteiger charge is -1.99. The lowest BCUT2D eigenvalue weighted by Crippen LogP contribution is -2.02. The van der Waals surface area contributed by atoms with E-state index in [1.54, 1.807) is 18.2 Å². The Morgan fingerprint density at radius 2 is 2.10 bits per heavy atom. The fourth-order valence-electron chi connectivity index (χ4n) is 1.31. The van der Waals surface area contributed by atoms with Crippen molar-refractivity contribution < 1.29 is 12.7 Å². The van der Waals surface area contributed by atoms with Crippen LogP contribution in [0.2, 0.25) is 0 Å². The zero-order chi connectivity index (χ0) is 14.6. The van der Waals surface area contributed by atoms with Gasteiger partial charge in [-0.3, -0.25) is 4.28 Å². The van der Waals surface area contributed by atoms with E-state index in [9.17, 15) is 8.42 Å². The third kappa shape index (κ3) is 2.99. The summed E-state index contributed by atoms with van der Waals surface area (Å²) in [7, 11) is -2.43. The van der Waals surface area contributed by atoms with Gasteiger partial charge < -0.3 is 0 Å². The molecule has 2 aromatic rings. The number of nitrogens with zero attached hydrogens (tertiary/aromatic N) is 5. The second kappa shape index (κ2) is 5.50. The van der Waals surface area contributed by atoms with E-state index in [0.29, 0.717) is 0 Å². The normalized spacial score (nSPS) is 11.4. The van der Waals surface area contributed by atoms with Crippen molar-refractivity contribution in [3.05, 3.63) is 42.0 Å². The van der Waals surface area contributed by atoms with Gasteiger partial charge in [-0.1, -0.05) is 23.4 Å². The van der Waals surface area contributed by atoms with Crippen molar-refractivity contribution in [1.82, 2.24) is 14.8 Å². The van der Waals surface area contributed by atoms with Crippen LogP contribution in [0.4, 0.5) is 0 Å². The highest BCUT2D eigenvalue weighted by Crippen LogP contribution is 2.11. The Hall–Kier alpha value is -2.73. The molecule has 0 spiro atoms. The number of nitriles is 1. The molecule has 0 aliphatic carbocycles. The molecule has 2 rings (SSSR count). The smallest absolute Gasteiger partial charge is 0.265 e. The summed E-state index contributed by atoms with van der Waals surface area (Å²) in [6, 6.07) is 9.41. The standard InChI is InChI=1S/C11H9N5O3S/c1-16-11(7-12)14-10(15-16)8-13-19-20(17,18)9-5-3-2-4-6-9/h2-6,8H,1H3. The summed E-state index contributed by atoms with van der Waals surface area (Å²) in [6.07, 6.45) is 1.02. The largest absolute Gasteiger partial charge is 0.358 e. The van der Waals surface area contributed by atoms with Crippen LogP contribution in [-0.2, 0) is 21.4 Å². The van der Waals surface area contributed by atoms with Crippen molar-refractivity contribution >= 4 is 16.3 Å². The molecule has 1 aromatic carbocycles. The van der Waals surface area contributed by atoms with Crippen molar-refractivity contribution in [1.29, 1.82) is 5.26 Å². The monoisotopic (exact) mass is 291 g/mol. The van der Waals surface area contributed by atoms with E-state index in [1.165, 1.54) is 23.9 Å². The summed E-state index contributed by atoms with van der Waals surface area (Å²) in [4.78, 5) is 3.78. The zero-order valence-electron chi connectivity index (χ0n) is 10.3. The van der Waals surface area contributed by atoms with Crippen LogP contribution >= 0.6 is 0 Å². The van der Waals surface area contributed by atoms with E-state index in [2.05, 4.69) is 19.5 Å². The summed E-state index contributed by atoms with van der Waals surface area (Å²) in [5, 5.41) is 15.8. The predicted octanol–water partition coefficient (Wildman–Crippen LogP) is 0.426. The van der Waals surface area contributed by atoms with Crippen molar-refractivity contribution in [3.63, 3.8) is 0 Å². The summed E-state index contributed by atoms with van der Waals surface area (Å²) in [6.45, 7) is 0. The van der Waals surface area contributed by atoms with Gasteiger partial charge in [0.1, 0.15) is 17.2 Å². The van der Waals surface area contributed by atoms with Crippen LogP contribution in [0, 0.1) is 11.3 Å². The first kappa shape index (κ1) is 13.7. The first-order valence-corrected chi connectivity index (χ1v) is 6.77. The predicted molar refractivity (Wildman–Crippen MR) is 68.0 cm³/mol. The Kier molecular flexibility index (Phi) is 3.76. The molecule has 0 N–H and O–H groups in total. The van der Waals surface area contributed by atoms with Gasteiger partial charge in [0.15, 0.2) is 5.82 Å². The Balaban J connectivity index is 2.12. The number of aryl methyl sites for hydroxylation is 1. The van der Waals surface area contributed by atoms with Crippen LogP contribution in [0.3, 0.4) is 0 Å². The maximum atomic E-state index is 11.7. The van der Waals surface area contributed by atoms with E-state index in [-0.39, 0.29) is 16.5 Å². The number of aromatic nitrogens is 3. The maximum Gasteiger partial charge on any atom is 0.358 e. The quantitative estimate of drug-likeness (QED) is 0.596. The van der Waals surface area contributed by atoms with Crippen LogP contribution in [-0.4, -0.2) is 29.4 Å². The third-order valence-electron chi connectivity index (χ3n) is 2.22. The molecule has 0 aliphatic heterocycles. The zero-order valence-corrected chi connectivity index (χ0v) is 11.1. The molecule has 0 radical (unpaired) electrons. The SMILES string of the molecule is Cn1nc(C=NOS(=O)(=O)c2ccccc2)nc1C#N. The molecule has 1 heterocycles. The number of oxime groups is 1. The first-order valence-electron chi connectivity index (χ1n) is 5.36. The second-order valence-electron chi connectivity index (χ2n) is 3.61. The third-order valence-corrected chi connectivity index (χ3v) is 3.35. The molecule has 0 saturated heterocycles. The van der Waals surface area contributed by atoms with Crippen LogP contribution in [0.15, 0.2) is 40.4 Å². The molecular weight excluding hydrogens is 282 g/mol. The molecule has 0 bridgehead atoms. The summed E-state index contributed by atoms with van der Waals surface area (Å²) in [5.74, 6) is 0.157. The fraction of sp³-hybridized carbons (Fsp3) is 0.0909. The average Bonchev–Trinajstić information content (AvgIpc) is 2.80. The highest BCUT2D eigenvalue weighted by Gasteiger charge is 2.14. The highest BCUT2D eigenvalue weighted by molar-refractivity contribution is 7.86. The highest BCUT2D eigenvalue weighted by atomic mass is 32.2. The first-order chi connectivity index (χ1) is 9.53. The molecule has 0 unspecified atom stereocenters. The number of rotatable bonds is 4. The Morgan fingerprint density at radius 1 is 1.40 bits per heavy atom. The molecule has 0 atom stereocenters. The topological polar surface area (TPSA) is 110 Å². The van der Waals surface area contributed by atoms with E-state index in [1.807, 2.05) is 6.07 Å². The fourth-order valence-corrected chi connectivity index (χ4v) is 2.04. The van der Waals surface area contributed by atoms with E-state index < -0.39 is 10.1 Å². The summed E-state index contributed by atoms with van der Waals surface area (Å²) in [5.41, 5.74) is 0. The van der Waals surface area contributed by atoms with Crippen molar-refractivity contribution in [2.45, 2.75) is 4.90 Å². The number of benzene rings is 1. The molecule has 102 valence electrons. The minimum atomic E-state index is -3.96. The molecular formula is C11H9N5O3S. The van der Waals surface area contributed by atoms with Gasteiger partial charge in [0.25, 0.3) is 0 Å². The molecule has 9 heteroatoms. The second-order valence-corrected chi connectivity index (χ2v) is 5.13. The molecule has 8 nitrogen and oxygen atoms in total. The Bertz CT molecular complexity index is 774. The molecule has 1 aromatic heterocycles. The van der Waals surface area contributed by atoms with E-state index >= 15 is 0 Å². The lowest BCUT2D eigenvalue weighted by molar-refractivity contribution is 0.341. The molecule has 0 amide bonds. The van der Waals surface area contributed by atoms with E-state index in [0.717, 1.165) is 6.21 Å². The molecule has 0 fully saturated rings. The van der Waals surface area contributed by atoms with Gasteiger partial charge in [0.05, 0.1) is 0 Å². The molecule has 20 heavy (non-hydrogen) atoms. The van der Waals surface area contributed by atoms with Crippen molar-refractivity contribution in [2.75, 3.05) is 0 Å². The minimum Gasteiger partial charge on any atom is -0.265 e. The molecule has 0 aliphatic rings. The lowest BCUT2D eigenvalue weighted by atomic mass is 10.4. The van der Waals surface area contributed by atoms with Gasteiger partial charge in [0, 0.05) is 7.05 Å². The van der Waals surface area contributed by atoms with Gasteiger partial charge in [-0.25, -0.2) is 4.68 Å². The van der Waals surface area contributed by atoms with Crippen LogP contribution < -0.4 is 0 Å².